The number of halogens is 3. The summed E-state index contributed by atoms with van der Waals surface area (Å²) >= 11 is 0. The molecule has 6 rings (SSSR count). The third-order valence-electron chi connectivity index (χ3n) is 9.52. The zero-order chi connectivity index (χ0) is 29.1. The summed E-state index contributed by atoms with van der Waals surface area (Å²) in [6.07, 6.45) is 2.33. The number of aromatic nitrogens is 2. The van der Waals surface area contributed by atoms with Crippen LogP contribution >= 0.6 is 0 Å². The van der Waals surface area contributed by atoms with Crippen molar-refractivity contribution in [2.75, 3.05) is 50.2 Å². The number of ether oxygens (including phenoxy) is 1. The fraction of sp³-hybridized carbons (Fsp3) is 0.621. The van der Waals surface area contributed by atoms with Gasteiger partial charge in [0.2, 0.25) is 5.91 Å². The highest BCUT2D eigenvalue weighted by Gasteiger charge is 2.44. The lowest BCUT2D eigenvalue weighted by atomic mass is 10.0. The summed E-state index contributed by atoms with van der Waals surface area (Å²) in [5.74, 6) is 0.530. The predicted octanol–water partition coefficient (Wildman–Crippen LogP) is 4.06. The number of anilines is 2. The zero-order valence-electron chi connectivity index (χ0n) is 23.7. The molecule has 0 spiro atoms. The summed E-state index contributed by atoms with van der Waals surface area (Å²) in [6.45, 7) is 4.25. The Morgan fingerprint density at radius 3 is 2.32 bits per heavy atom. The molecule has 12 heteroatoms. The standard InChI is InChI=1S/C29H37F3N6O3/c1-18(39)35(3)27-11-33-37(15-27)28(40)36-13-20-8-25(9-21(20)14-36)34(2)12-19-6-22(29(30,31)32)10-26(7-19)38-23-4-5-24(38)17-41-16-23/h6-7,10-11,15,20-21,23-25H,4-5,8-9,12-14,16-17H2,1-3H3/t20?,21?,23-,24-,25?/m0/s1. The number of hydrogen-bond acceptors (Lipinski definition) is 6. The fourth-order valence-corrected chi connectivity index (χ4v) is 7.25. The van der Waals surface area contributed by atoms with Gasteiger partial charge >= 0.3 is 12.2 Å². The van der Waals surface area contributed by atoms with Crippen LogP contribution in [0.3, 0.4) is 0 Å². The number of amides is 2. The molecule has 0 N–H and O–H groups in total. The summed E-state index contributed by atoms with van der Waals surface area (Å²) in [5, 5.41) is 4.16. The van der Waals surface area contributed by atoms with Crippen molar-refractivity contribution in [3.8, 4) is 0 Å². The van der Waals surface area contributed by atoms with Gasteiger partial charge in [-0.25, -0.2) is 4.79 Å². The second-order valence-corrected chi connectivity index (χ2v) is 12.2. The molecule has 1 aliphatic carbocycles. The van der Waals surface area contributed by atoms with Gasteiger partial charge in [-0.05, 0) is 68.3 Å². The van der Waals surface area contributed by atoms with Gasteiger partial charge in [-0.2, -0.15) is 23.0 Å². The van der Waals surface area contributed by atoms with Crippen LogP contribution < -0.4 is 9.80 Å². The Bertz CT molecular complexity index is 1280. The molecule has 41 heavy (non-hydrogen) atoms. The fourth-order valence-electron chi connectivity index (χ4n) is 7.25. The molecule has 2 unspecified atom stereocenters. The molecule has 4 atom stereocenters. The molecule has 1 saturated carbocycles. The predicted molar refractivity (Wildman–Crippen MR) is 147 cm³/mol. The Labute approximate surface area is 237 Å². The van der Waals surface area contributed by atoms with Crippen molar-refractivity contribution >= 4 is 23.3 Å². The Balaban J connectivity index is 1.10. The van der Waals surface area contributed by atoms with Crippen LogP contribution in [0, 0.1) is 11.8 Å². The molecule has 4 fully saturated rings. The van der Waals surface area contributed by atoms with Crippen molar-refractivity contribution in [2.45, 2.75) is 63.5 Å². The van der Waals surface area contributed by atoms with Crippen LogP contribution in [0.1, 0.15) is 43.7 Å². The number of rotatable bonds is 5. The van der Waals surface area contributed by atoms with Gasteiger partial charge in [-0.1, -0.05) is 0 Å². The number of nitrogens with zero attached hydrogens (tertiary/aromatic N) is 6. The van der Waals surface area contributed by atoms with Crippen LogP contribution in [0.25, 0.3) is 0 Å². The molecule has 3 saturated heterocycles. The number of morpholine rings is 1. The van der Waals surface area contributed by atoms with Crippen molar-refractivity contribution in [3.05, 3.63) is 41.7 Å². The van der Waals surface area contributed by atoms with Crippen LogP contribution in [0.15, 0.2) is 30.6 Å². The largest absolute Gasteiger partial charge is 0.416 e. The average molecular weight is 575 g/mol. The van der Waals surface area contributed by atoms with Gasteiger partial charge in [0.25, 0.3) is 0 Å². The maximum atomic E-state index is 13.9. The highest BCUT2D eigenvalue weighted by molar-refractivity contribution is 5.91. The van der Waals surface area contributed by atoms with E-state index in [-0.39, 0.29) is 30.1 Å². The Morgan fingerprint density at radius 2 is 1.71 bits per heavy atom. The number of alkyl halides is 3. The number of hydrogen-bond donors (Lipinski definition) is 0. The van der Waals surface area contributed by atoms with Crippen LogP contribution in [-0.2, 0) is 22.3 Å². The first-order chi connectivity index (χ1) is 19.5. The monoisotopic (exact) mass is 574 g/mol. The molecule has 4 aliphatic rings. The van der Waals surface area contributed by atoms with Gasteiger partial charge in [-0.15, -0.1) is 0 Å². The lowest BCUT2D eigenvalue weighted by Gasteiger charge is -2.37. The minimum atomic E-state index is -4.41. The first-order valence-electron chi connectivity index (χ1n) is 14.3. The maximum absolute atomic E-state index is 13.9. The lowest BCUT2D eigenvalue weighted by molar-refractivity contribution is -0.137. The summed E-state index contributed by atoms with van der Waals surface area (Å²) < 4.78 is 48.7. The van der Waals surface area contributed by atoms with E-state index in [1.54, 1.807) is 13.2 Å². The zero-order valence-corrected chi connectivity index (χ0v) is 23.7. The lowest BCUT2D eigenvalue weighted by Crippen LogP contribution is -2.46. The van der Waals surface area contributed by atoms with Gasteiger partial charge in [0, 0.05) is 45.3 Å². The third-order valence-corrected chi connectivity index (χ3v) is 9.52. The molecule has 2 aromatic rings. The van der Waals surface area contributed by atoms with E-state index >= 15 is 0 Å². The van der Waals surface area contributed by atoms with E-state index in [2.05, 4.69) is 14.9 Å². The summed E-state index contributed by atoms with van der Waals surface area (Å²) in [5.41, 5.74) is 1.28. The quantitative estimate of drug-likeness (QED) is 0.537. The Kier molecular flexibility index (Phi) is 7.25. The SMILES string of the molecule is CC(=O)N(C)c1cnn(C(=O)N2CC3CC(N(C)Cc4cc(N5[C@H]6CC[C@H]5COC6)cc(C(F)(F)F)c4)CC3C2)c1. The van der Waals surface area contributed by atoms with E-state index in [1.165, 1.54) is 34.8 Å². The van der Waals surface area contributed by atoms with Crippen LogP contribution in [0.4, 0.5) is 29.3 Å². The average Bonchev–Trinajstić information content (AvgIpc) is 3.69. The Hall–Kier alpha value is -3.12. The number of likely N-dealkylation sites (tertiary alicyclic amines) is 1. The second kappa shape index (κ2) is 10.6. The summed E-state index contributed by atoms with van der Waals surface area (Å²) in [7, 11) is 3.63. The molecular formula is C29H37F3N6O3. The molecule has 1 aromatic carbocycles. The smallest absolute Gasteiger partial charge is 0.377 e. The molecule has 2 bridgehead atoms. The van der Waals surface area contributed by atoms with E-state index < -0.39 is 11.7 Å². The van der Waals surface area contributed by atoms with Gasteiger partial charge in [0.15, 0.2) is 0 Å². The minimum absolute atomic E-state index is 0.131. The van der Waals surface area contributed by atoms with Gasteiger partial charge < -0.3 is 19.4 Å². The third kappa shape index (κ3) is 5.43. The summed E-state index contributed by atoms with van der Waals surface area (Å²) in [6, 6.07) is 4.81. The number of fused-ring (bicyclic) bond motifs is 3. The second-order valence-electron chi connectivity index (χ2n) is 12.2. The Morgan fingerprint density at radius 1 is 1.05 bits per heavy atom. The van der Waals surface area contributed by atoms with Crippen LogP contribution in [-0.4, -0.2) is 90.0 Å². The first-order valence-corrected chi connectivity index (χ1v) is 14.3. The van der Waals surface area contributed by atoms with Crippen molar-refractivity contribution in [1.29, 1.82) is 0 Å². The van der Waals surface area contributed by atoms with Crippen molar-refractivity contribution in [1.82, 2.24) is 19.6 Å². The number of benzene rings is 1. The van der Waals surface area contributed by atoms with E-state index in [9.17, 15) is 22.8 Å². The molecule has 0 radical (unpaired) electrons. The van der Waals surface area contributed by atoms with Gasteiger partial charge in [0.05, 0.1) is 48.9 Å². The van der Waals surface area contributed by atoms with Crippen molar-refractivity contribution in [3.63, 3.8) is 0 Å². The van der Waals surface area contributed by atoms with E-state index in [1.807, 2.05) is 18.0 Å². The van der Waals surface area contributed by atoms with E-state index in [0.29, 0.717) is 61.6 Å². The summed E-state index contributed by atoms with van der Waals surface area (Å²) in [4.78, 5) is 32.3. The number of carbonyl (C=O) groups excluding carboxylic acids is 2. The van der Waals surface area contributed by atoms with Crippen LogP contribution in [0.2, 0.25) is 0 Å². The minimum Gasteiger partial charge on any atom is -0.377 e. The van der Waals surface area contributed by atoms with Crippen molar-refractivity contribution in [2.24, 2.45) is 11.8 Å². The molecule has 222 valence electrons. The molecule has 9 nitrogen and oxygen atoms in total. The molecule has 1 aromatic heterocycles. The highest BCUT2D eigenvalue weighted by atomic mass is 19.4. The maximum Gasteiger partial charge on any atom is 0.416 e. The molecule has 4 heterocycles. The van der Waals surface area contributed by atoms with E-state index in [4.69, 9.17) is 4.74 Å². The number of carbonyl (C=O) groups is 2. The molecular weight excluding hydrogens is 537 g/mol. The van der Waals surface area contributed by atoms with Crippen LogP contribution in [0.5, 0.6) is 0 Å². The van der Waals surface area contributed by atoms with Gasteiger partial charge in [-0.3, -0.25) is 9.69 Å². The van der Waals surface area contributed by atoms with E-state index in [0.717, 1.165) is 25.7 Å². The normalized spacial score (nSPS) is 27.5. The topological polar surface area (TPSA) is 74.2 Å². The van der Waals surface area contributed by atoms with Crippen molar-refractivity contribution < 1.29 is 27.5 Å². The van der Waals surface area contributed by atoms with Gasteiger partial charge in [0.1, 0.15) is 0 Å². The molecule has 3 aliphatic heterocycles. The molecule has 2 amide bonds. The highest BCUT2D eigenvalue weighted by Crippen LogP contribution is 2.42. The first kappa shape index (κ1) is 28.0.